The maximum atomic E-state index is 11.5. The number of carbonyl (C=O) groups is 2. The topological polar surface area (TPSA) is 146 Å². The Labute approximate surface area is 121 Å². The highest BCUT2D eigenvalue weighted by Crippen LogP contribution is 2.23. The van der Waals surface area contributed by atoms with E-state index in [-0.39, 0.29) is 6.42 Å². The Morgan fingerprint density at radius 2 is 2.00 bits per heavy atom. The molecule has 0 radical (unpaired) electrons. The highest BCUT2D eigenvalue weighted by Gasteiger charge is 2.46. The summed E-state index contributed by atoms with van der Waals surface area (Å²) in [6, 6.07) is -1.14. The van der Waals surface area contributed by atoms with Gasteiger partial charge in [-0.1, -0.05) is 6.92 Å². The average Bonchev–Trinajstić information content (AvgIpc) is 2.45. The third-order valence-corrected chi connectivity index (χ3v) is 3.23. The molecule has 1 fully saturated rings. The number of carboxylic acids is 1. The first-order valence-electron chi connectivity index (χ1n) is 6.61. The fraction of sp³-hybridized carbons (Fsp3) is 0.833. The Hall–Kier alpha value is -1.26. The summed E-state index contributed by atoms with van der Waals surface area (Å²) in [5.41, 5.74) is 0. The normalized spacial score (nSPS) is 34.2. The second kappa shape index (κ2) is 7.66. The van der Waals surface area contributed by atoms with E-state index < -0.39 is 55.2 Å². The lowest BCUT2D eigenvalue weighted by molar-refractivity contribution is -0.267. The lowest BCUT2D eigenvalue weighted by Gasteiger charge is -2.43. The molecule has 9 nitrogen and oxygen atoms in total. The van der Waals surface area contributed by atoms with Crippen LogP contribution in [0.4, 0.5) is 0 Å². The van der Waals surface area contributed by atoms with E-state index in [0.717, 1.165) is 0 Å². The Balaban J connectivity index is 2.93. The number of amides is 1. The summed E-state index contributed by atoms with van der Waals surface area (Å²) in [6.45, 7) is 2.26. The van der Waals surface area contributed by atoms with E-state index >= 15 is 0 Å². The van der Waals surface area contributed by atoms with Gasteiger partial charge in [0.1, 0.15) is 24.4 Å². The molecule has 21 heavy (non-hydrogen) atoms. The molecule has 0 aliphatic carbocycles. The van der Waals surface area contributed by atoms with Crippen LogP contribution in [-0.2, 0) is 19.1 Å². The summed E-state index contributed by atoms with van der Waals surface area (Å²) < 4.78 is 10.2. The molecule has 1 aliphatic rings. The van der Waals surface area contributed by atoms with E-state index in [1.165, 1.54) is 6.92 Å². The van der Waals surface area contributed by atoms with Crippen molar-refractivity contribution < 1.29 is 39.5 Å². The van der Waals surface area contributed by atoms with Crippen LogP contribution in [0.3, 0.4) is 0 Å². The standard InChI is InChI=1S/C12H21NO8/c1-3-7(15)13-8-10(20-5(2)11(17)18)9(16)6(4-14)21-12(8)19/h5-6,8-10,12,14,16,19H,3-4H2,1-2H3,(H,13,15)(H,17,18). The van der Waals surface area contributed by atoms with Crippen molar-refractivity contribution >= 4 is 11.9 Å². The van der Waals surface area contributed by atoms with Crippen LogP contribution < -0.4 is 5.32 Å². The van der Waals surface area contributed by atoms with Gasteiger partial charge in [-0.15, -0.1) is 0 Å². The Kier molecular flexibility index (Phi) is 6.49. The molecule has 1 heterocycles. The average molecular weight is 307 g/mol. The predicted octanol–water partition coefficient (Wildman–Crippen LogP) is -2.19. The van der Waals surface area contributed by atoms with Gasteiger partial charge in [-0.3, -0.25) is 4.79 Å². The molecule has 1 rings (SSSR count). The van der Waals surface area contributed by atoms with Crippen molar-refractivity contribution in [1.82, 2.24) is 5.32 Å². The van der Waals surface area contributed by atoms with Gasteiger partial charge < -0.3 is 35.2 Å². The summed E-state index contributed by atoms with van der Waals surface area (Å²) in [4.78, 5) is 22.3. The van der Waals surface area contributed by atoms with Gasteiger partial charge in [0.2, 0.25) is 5.91 Å². The van der Waals surface area contributed by atoms with Crippen molar-refractivity contribution in [1.29, 1.82) is 0 Å². The molecular weight excluding hydrogens is 286 g/mol. The number of aliphatic hydroxyl groups excluding tert-OH is 3. The highest BCUT2D eigenvalue weighted by atomic mass is 16.6. The summed E-state index contributed by atoms with van der Waals surface area (Å²) >= 11 is 0. The van der Waals surface area contributed by atoms with Crippen molar-refractivity contribution in [2.45, 2.75) is 57.0 Å². The first-order valence-corrected chi connectivity index (χ1v) is 6.61. The van der Waals surface area contributed by atoms with Gasteiger partial charge in [-0.05, 0) is 6.92 Å². The minimum Gasteiger partial charge on any atom is -0.479 e. The SMILES string of the molecule is CCC(=O)NC1C(O)OC(CO)C(O)C1OC(C)C(=O)O. The zero-order chi connectivity index (χ0) is 16.2. The molecule has 1 saturated heterocycles. The van der Waals surface area contributed by atoms with Crippen molar-refractivity contribution in [2.75, 3.05) is 6.61 Å². The number of hydrogen-bond donors (Lipinski definition) is 5. The molecular formula is C12H21NO8. The quantitative estimate of drug-likeness (QED) is 0.372. The van der Waals surface area contributed by atoms with Crippen LogP contribution in [0.1, 0.15) is 20.3 Å². The van der Waals surface area contributed by atoms with Gasteiger partial charge in [0.05, 0.1) is 6.61 Å². The van der Waals surface area contributed by atoms with Crippen LogP contribution in [0, 0.1) is 0 Å². The van der Waals surface area contributed by atoms with Crippen LogP contribution in [0.5, 0.6) is 0 Å². The van der Waals surface area contributed by atoms with Gasteiger partial charge in [-0.25, -0.2) is 4.79 Å². The van der Waals surface area contributed by atoms with Gasteiger partial charge in [0.25, 0.3) is 0 Å². The summed E-state index contributed by atoms with van der Waals surface area (Å²) in [5, 5.41) is 40.3. The molecule has 1 aliphatic heterocycles. The smallest absolute Gasteiger partial charge is 0.332 e. The number of hydrogen-bond acceptors (Lipinski definition) is 7. The van der Waals surface area contributed by atoms with Crippen LogP contribution >= 0.6 is 0 Å². The molecule has 9 heteroatoms. The molecule has 1 amide bonds. The van der Waals surface area contributed by atoms with E-state index in [2.05, 4.69) is 5.32 Å². The highest BCUT2D eigenvalue weighted by molar-refractivity contribution is 5.76. The molecule has 0 aromatic rings. The second-order valence-corrected chi connectivity index (χ2v) is 4.77. The maximum Gasteiger partial charge on any atom is 0.332 e. The van der Waals surface area contributed by atoms with Crippen molar-refractivity contribution in [2.24, 2.45) is 0 Å². The molecule has 0 bridgehead atoms. The molecule has 0 aromatic carbocycles. The Morgan fingerprint density at radius 3 is 2.48 bits per heavy atom. The molecule has 6 unspecified atom stereocenters. The second-order valence-electron chi connectivity index (χ2n) is 4.77. The number of aliphatic carboxylic acids is 1. The summed E-state index contributed by atoms with van der Waals surface area (Å²) in [6.07, 6.45) is -6.44. The minimum atomic E-state index is -1.54. The van der Waals surface area contributed by atoms with E-state index in [4.69, 9.17) is 19.7 Å². The fourth-order valence-corrected chi connectivity index (χ4v) is 1.98. The number of carbonyl (C=O) groups excluding carboxylic acids is 1. The zero-order valence-corrected chi connectivity index (χ0v) is 11.8. The Bertz CT molecular complexity index is 376. The van der Waals surface area contributed by atoms with Crippen molar-refractivity contribution in [3.8, 4) is 0 Å². The Morgan fingerprint density at radius 1 is 1.38 bits per heavy atom. The van der Waals surface area contributed by atoms with Crippen LogP contribution in [0.15, 0.2) is 0 Å². The van der Waals surface area contributed by atoms with E-state index in [1.807, 2.05) is 0 Å². The molecule has 5 N–H and O–H groups in total. The van der Waals surface area contributed by atoms with E-state index in [1.54, 1.807) is 6.92 Å². The third kappa shape index (κ3) is 4.35. The van der Waals surface area contributed by atoms with Gasteiger partial charge >= 0.3 is 5.97 Å². The first kappa shape index (κ1) is 17.8. The van der Waals surface area contributed by atoms with Gasteiger partial charge in [-0.2, -0.15) is 0 Å². The van der Waals surface area contributed by atoms with Crippen LogP contribution in [0.2, 0.25) is 0 Å². The predicted molar refractivity (Wildman–Crippen MR) is 68.2 cm³/mol. The van der Waals surface area contributed by atoms with Crippen molar-refractivity contribution in [3.05, 3.63) is 0 Å². The van der Waals surface area contributed by atoms with E-state index in [9.17, 15) is 19.8 Å². The number of nitrogens with one attached hydrogen (secondary N) is 1. The number of rotatable bonds is 6. The molecule has 0 saturated carbocycles. The molecule has 0 aromatic heterocycles. The lowest BCUT2D eigenvalue weighted by atomic mass is 9.96. The zero-order valence-electron chi connectivity index (χ0n) is 11.8. The lowest BCUT2D eigenvalue weighted by Crippen LogP contribution is -2.65. The van der Waals surface area contributed by atoms with Gasteiger partial charge in [0, 0.05) is 6.42 Å². The fourth-order valence-electron chi connectivity index (χ4n) is 1.98. The largest absolute Gasteiger partial charge is 0.479 e. The monoisotopic (exact) mass is 307 g/mol. The minimum absolute atomic E-state index is 0.129. The number of ether oxygens (including phenoxy) is 2. The maximum absolute atomic E-state index is 11.5. The molecule has 6 atom stereocenters. The first-order chi connectivity index (χ1) is 9.81. The van der Waals surface area contributed by atoms with Crippen LogP contribution in [-0.4, -0.2) is 75.7 Å². The number of carboxylic acid groups (broad SMARTS) is 1. The summed E-state index contributed by atoms with van der Waals surface area (Å²) in [5.74, 6) is -1.68. The van der Waals surface area contributed by atoms with Gasteiger partial charge in [0.15, 0.2) is 12.4 Å². The number of aliphatic hydroxyl groups is 3. The summed E-state index contributed by atoms with van der Waals surface area (Å²) in [7, 11) is 0. The third-order valence-electron chi connectivity index (χ3n) is 3.23. The van der Waals surface area contributed by atoms with E-state index in [0.29, 0.717) is 0 Å². The molecule has 0 spiro atoms. The van der Waals surface area contributed by atoms with Crippen molar-refractivity contribution in [3.63, 3.8) is 0 Å². The van der Waals surface area contributed by atoms with Crippen LogP contribution in [0.25, 0.3) is 0 Å². The molecule has 122 valence electrons.